The molecule has 1 unspecified atom stereocenters. The van der Waals surface area contributed by atoms with E-state index < -0.39 is 73.5 Å². The number of amides is 1. The first-order valence-electron chi connectivity index (χ1n) is 18.3. The van der Waals surface area contributed by atoms with Crippen LogP contribution in [-0.4, -0.2) is 90.7 Å². The Hall–Kier alpha value is -4.05. The van der Waals surface area contributed by atoms with Crippen molar-refractivity contribution in [2.45, 2.75) is 94.4 Å². The minimum absolute atomic E-state index is 0.00352. The zero-order valence-electron chi connectivity index (χ0n) is 30.0. The average molecular weight is 742 g/mol. The van der Waals surface area contributed by atoms with E-state index in [1.54, 1.807) is 0 Å². The summed E-state index contributed by atoms with van der Waals surface area (Å²) in [4.78, 5) is 12.5. The summed E-state index contributed by atoms with van der Waals surface area (Å²) in [6.07, 6.45) is -10.0. The van der Waals surface area contributed by atoms with Gasteiger partial charge in [-0.3, -0.25) is 4.79 Å². The maximum atomic E-state index is 12.5. The van der Waals surface area contributed by atoms with Gasteiger partial charge in [0, 0.05) is 12.5 Å². The third-order valence-corrected chi connectivity index (χ3v) is 9.67. The summed E-state index contributed by atoms with van der Waals surface area (Å²) in [7, 11) is 0. The molecule has 0 aromatic heterocycles. The van der Waals surface area contributed by atoms with Crippen molar-refractivity contribution >= 4 is 5.91 Å². The Morgan fingerprint density at radius 1 is 0.704 bits per heavy atom. The van der Waals surface area contributed by atoms with E-state index in [9.17, 15) is 15.0 Å². The molecule has 4 aromatic carbocycles. The summed E-state index contributed by atoms with van der Waals surface area (Å²) >= 11 is 0. The van der Waals surface area contributed by atoms with Gasteiger partial charge in [-0.1, -0.05) is 121 Å². The number of hydrogen-bond donors (Lipinski definition) is 3. The fourth-order valence-electron chi connectivity index (χ4n) is 6.99. The van der Waals surface area contributed by atoms with Crippen LogP contribution in [0.5, 0.6) is 0 Å². The molecule has 3 heterocycles. The number of aliphatic hydroxyl groups excluding tert-OH is 2. The summed E-state index contributed by atoms with van der Waals surface area (Å²) in [5.41, 5.74) is 3.51. The van der Waals surface area contributed by atoms with Crippen LogP contribution in [0.4, 0.5) is 0 Å². The fraction of sp³-hybridized carbons (Fsp3) is 0.405. The van der Waals surface area contributed by atoms with Gasteiger partial charge in [-0.15, -0.1) is 0 Å². The van der Waals surface area contributed by atoms with Gasteiger partial charge in [0.25, 0.3) is 0 Å². The van der Waals surface area contributed by atoms with Crippen molar-refractivity contribution in [3.63, 3.8) is 0 Å². The number of benzene rings is 4. The lowest BCUT2D eigenvalue weighted by atomic mass is 9.94. The van der Waals surface area contributed by atoms with Crippen molar-refractivity contribution in [3.05, 3.63) is 144 Å². The maximum absolute atomic E-state index is 12.5. The SMILES string of the molecule is CC(=O)N[C@@H]1[C@@H](OCc2ccccc2)[C@H](O[C@@H]2O[C@@H]3COC(c4ccccc4)O[C@@H]3[C@H](O)[C@H]2OCc2ccccc2)[C@@H](COCc2ccccc2)O[C@@H]1O. The van der Waals surface area contributed by atoms with Crippen LogP contribution in [0.15, 0.2) is 121 Å². The number of aliphatic hydroxyl groups is 2. The number of ether oxygens (including phenoxy) is 8. The van der Waals surface area contributed by atoms with Crippen LogP contribution in [-0.2, 0) is 62.5 Å². The smallest absolute Gasteiger partial charge is 0.217 e. The molecular formula is C42H47NO11. The van der Waals surface area contributed by atoms with Gasteiger partial charge in [0.2, 0.25) is 5.91 Å². The van der Waals surface area contributed by atoms with Crippen molar-refractivity contribution in [2.75, 3.05) is 13.2 Å². The zero-order valence-corrected chi connectivity index (χ0v) is 30.0. The van der Waals surface area contributed by atoms with Gasteiger partial charge in [0.05, 0.1) is 33.0 Å². The lowest BCUT2D eigenvalue weighted by Crippen LogP contribution is -2.68. The highest BCUT2D eigenvalue weighted by molar-refractivity contribution is 5.73. The highest BCUT2D eigenvalue weighted by Crippen LogP contribution is 2.37. The monoisotopic (exact) mass is 741 g/mol. The number of rotatable bonds is 14. The van der Waals surface area contributed by atoms with E-state index in [1.807, 2.05) is 121 Å². The highest BCUT2D eigenvalue weighted by atomic mass is 16.8. The van der Waals surface area contributed by atoms with Crippen LogP contribution in [0.1, 0.15) is 35.5 Å². The molecule has 3 N–H and O–H groups in total. The maximum Gasteiger partial charge on any atom is 0.217 e. The second-order valence-corrected chi connectivity index (χ2v) is 13.6. The predicted octanol–water partition coefficient (Wildman–Crippen LogP) is 4.18. The summed E-state index contributed by atoms with van der Waals surface area (Å²) in [6, 6.07) is 37.2. The Morgan fingerprint density at radius 2 is 1.26 bits per heavy atom. The van der Waals surface area contributed by atoms with E-state index in [-0.39, 0.29) is 33.0 Å². The van der Waals surface area contributed by atoms with Crippen LogP contribution in [0, 0.1) is 0 Å². The van der Waals surface area contributed by atoms with Crippen LogP contribution >= 0.6 is 0 Å². The van der Waals surface area contributed by atoms with E-state index in [1.165, 1.54) is 6.92 Å². The third-order valence-electron chi connectivity index (χ3n) is 9.67. The molecule has 11 atom stereocenters. The Labute approximate surface area is 314 Å². The molecule has 286 valence electrons. The topological polar surface area (TPSA) is 143 Å². The molecule has 54 heavy (non-hydrogen) atoms. The molecule has 0 radical (unpaired) electrons. The molecule has 4 aromatic rings. The molecule has 1 amide bonds. The van der Waals surface area contributed by atoms with Gasteiger partial charge in [0.15, 0.2) is 18.9 Å². The molecule has 3 saturated heterocycles. The number of carbonyl (C=O) groups is 1. The summed E-state index contributed by atoms with van der Waals surface area (Å²) in [5.74, 6) is -0.394. The quantitative estimate of drug-likeness (QED) is 0.171. The minimum atomic E-state index is -1.46. The fourth-order valence-corrected chi connectivity index (χ4v) is 6.99. The Morgan fingerprint density at radius 3 is 1.85 bits per heavy atom. The third kappa shape index (κ3) is 9.60. The van der Waals surface area contributed by atoms with Crippen LogP contribution in [0.2, 0.25) is 0 Å². The van der Waals surface area contributed by atoms with Crippen LogP contribution in [0.3, 0.4) is 0 Å². The largest absolute Gasteiger partial charge is 0.387 e. The van der Waals surface area contributed by atoms with Crippen molar-refractivity contribution in [3.8, 4) is 0 Å². The highest BCUT2D eigenvalue weighted by Gasteiger charge is 2.54. The first kappa shape index (κ1) is 38.2. The van der Waals surface area contributed by atoms with Crippen molar-refractivity contribution in [1.29, 1.82) is 0 Å². The van der Waals surface area contributed by atoms with E-state index >= 15 is 0 Å². The summed E-state index contributed by atoms with van der Waals surface area (Å²) < 4.78 is 51.0. The van der Waals surface area contributed by atoms with Gasteiger partial charge in [-0.05, 0) is 16.7 Å². The van der Waals surface area contributed by atoms with E-state index in [4.69, 9.17) is 37.9 Å². The van der Waals surface area contributed by atoms with Gasteiger partial charge >= 0.3 is 0 Å². The number of hydrogen-bond acceptors (Lipinski definition) is 11. The summed E-state index contributed by atoms with van der Waals surface area (Å²) in [5, 5.41) is 26.1. The molecule has 0 spiro atoms. The van der Waals surface area contributed by atoms with Crippen molar-refractivity contribution in [2.24, 2.45) is 0 Å². The number of carbonyl (C=O) groups excluding carboxylic acids is 1. The van der Waals surface area contributed by atoms with E-state index in [0.29, 0.717) is 0 Å². The molecule has 0 saturated carbocycles. The molecule has 7 rings (SSSR count). The molecule has 0 bridgehead atoms. The first-order valence-corrected chi connectivity index (χ1v) is 18.3. The van der Waals surface area contributed by atoms with Gasteiger partial charge in [-0.2, -0.15) is 0 Å². The molecule has 3 aliphatic rings. The number of fused-ring (bicyclic) bond motifs is 1. The molecule has 3 aliphatic heterocycles. The predicted molar refractivity (Wildman–Crippen MR) is 194 cm³/mol. The first-order chi connectivity index (χ1) is 26.4. The lowest BCUT2D eigenvalue weighted by Gasteiger charge is -2.50. The lowest BCUT2D eigenvalue weighted by molar-refractivity contribution is -0.386. The Balaban J connectivity index is 1.18. The second-order valence-electron chi connectivity index (χ2n) is 13.6. The van der Waals surface area contributed by atoms with Gasteiger partial charge in [-0.25, -0.2) is 0 Å². The molecule has 0 aliphatic carbocycles. The van der Waals surface area contributed by atoms with Gasteiger partial charge in [0.1, 0.15) is 48.8 Å². The van der Waals surface area contributed by atoms with E-state index in [2.05, 4.69) is 5.32 Å². The standard InChI is InChI=1S/C42H47NO11/c1-27(44)43-34-38(48-23-29-16-8-3-9-17-29)37(32(51-40(34)46)25-47-22-28-14-6-2-7-15-28)54-42-39(49-24-30-18-10-4-11-19-30)35(45)36-33(52-42)26-50-41(53-36)31-20-12-5-13-21-31/h2-21,32-42,45-46H,22-26H2,1H3,(H,43,44)/t32-,33-,34-,35+,36+,37-,38-,39-,40+,41?,42+/m1/s1. The molecule has 3 fully saturated rings. The molecular weight excluding hydrogens is 694 g/mol. The molecule has 12 nitrogen and oxygen atoms in total. The summed E-state index contributed by atoms with van der Waals surface area (Å²) in [6.45, 7) is 2.02. The minimum Gasteiger partial charge on any atom is -0.387 e. The number of nitrogens with one attached hydrogen (secondary N) is 1. The van der Waals surface area contributed by atoms with E-state index in [0.717, 1.165) is 22.3 Å². The Kier molecular flexibility index (Phi) is 13.1. The second kappa shape index (κ2) is 18.5. The normalized spacial score (nSPS) is 31.0. The molecule has 12 heteroatoms. The average Bonchev–Trinajstić information content (AvgIpc) is 3.20. The zero-order chi connectivity index (χ0) is 37.3. The Bertz CT molecular complexity index is 1720. The van der Waals surface area contributed by atoms with Crippen LogP contribution < -0.4 is 5.32 Å². The van der Waals surface area contributed by atoms with Crippen LogP contribution in [0.25, 0.3) is 0 Å². The van der Waals surface area contributed by atoms with Gasteiger partial charge < -0.3 is 53.4 Å². The van der Waals surface area contributed by atoms with Crippen molar-refractivity contribution < 1.29 is 52.9 Å². The van der Waals surface area contributed by atoms with Crippen molar-refractivity contribution in [1.82, 2.24) is 5.32 Å².